The number of sulfonamides is 1. The van der Waals surface area contributed by atoms with E-state index < -0.39 is 10.0 Å². The summed E-state index contributed by atoms with van der Waals surface area (Å²) in [6.07, 6.45) is 1.62. The Morgan fingerprint density at radius 3 is 2.67 bits per heavy atom. The van der Waals surface area contributed by atoms with Crippen LogP contribution in [0.3, 0.4) is 0 Å². The molecule has 0 aliphatic carbocycles. The van der Waals surface area contributed by atoms with E-state index in [0.717, 1.165) is 5.56 Å². The standard InChI is InChI=1S/C13H17NO3S/c1-3-12-10-17-9-8-14(12)18(15,16)13-6-4-11(2)5-7-13/h3-7,12H,1,8-10H2,2H3. The Morgan fingerprint density at radius 2 is 2.06 bits per heavy atom. The van der Waals surface area contributed by atoms with Gasteiger partial charge in [-0.05, 0) is 19.1 Å². The summed E-state index contributed by atoms with van der Waals surface area (Å²) in [6.45, 7) is 6.76. The van der Waals surface area contributed by atoms with E-state index in [1.807, 2.05) is 6.92 Å². The summed E-state index contributed by atoms with van der Waals surface area (Å²) in [5.74, 6) is 0. The third-order valence-electron chi connectivity index (χ3n) is 3.01. The number of hydrogen-bond donors (Lipinski definition) is 0. The molecule has 1 aliphatic heterocycles. The molecule has 2 rings (SSSR count). The van der Waals surface area contributed by atoms with Gasteiger partial charge in [-0.25, -0.2) is 8.42 Å². The maximum atomic E-state index is 12.5. The van der Waals surface area contributed by atoms with Gasteiger partial charge < -0.3 is 4.74 Å². The Bertz CT molecular complexity index is 522. The Labute approximate surface area is 108 Å². The summed E-state index contributed by atoms with van der Waals surface area (Å²) in [5.41, 5.74) is 1.04. The maximum Gasteiger partial charge on any atom is 0.243 e. The minimum Gasteiger partial charge on any atom is -0.378 e. The molecule has 98 valence electrons. The molecule has 0 radical (unpaired) electrons. The van der Waals surface area contributed by atoms with Crippen LogP contribution in [0.15, 0.2) is 41.8 Å². The minimum absolute atomic E-state index is 0.287. The third-order valence-corrected chi connectivity index (χ3v) is 4.95. The van der Waals surface area contributed by atoms with Crippen LogP contribution in [0, 0.1) is 6.92 Å². The fraction of sp³-hybridized carbons (Fsp3) is 0.385. The number of rotatable bonds is 3. The zero-order valence-electron chi connectivity index (χ0n) is 10.4. The summed E-state index contributed by atoms with van der Waals surface area (Å²) < 4.78 is 31.7. The molecule has 1 fully saturated rings. The van der Waals surface area contributed by atoms with Crippen molar-refractivity contribution in [2.75, 3.05) is 19.8 Å². The molecular weight excluding hydrogens is 250 g/mol. The van der Waals surface area contributed by atoms with Crippen LogP contribution in [-0.4, -0.2) is 38.5 Å². The molecule has 1 aliphatic rings. The summed E-state index contributed by atoms with van der Waals surface area (Å²) in [7, 11) is -3.46. The van der Waals surface area contributed by atoms with E-state index in [4.69, 9.17) is 4.74 Å². The Morgan fingerprint density at radius 1 is 1.39 bits per heavy atom. The van der Waals surface area contributed by atoms with Gasteiger partial charge in [0.05, 0.1) is 24.2 Å². The fourth-order valence-electron chi connectivity index (χ4n) is 1.94. The second-order valence-corrected chi connectivity index (χ2v) is 6.20. The van der Waals surface area contributed by atoms with Crippen molar-refractivity contribution < 1.29 is 13.2 Å². The summed E-state index contributed by atoms with van der Waals surface area (Å²) >= 11 is 0. The highest BCUT2D eigenvalue weighted by atomic mass is 32.2. The molecule has 0 spiro atoms. The van der Waals surface area contributed by atoms with E-state index >= 15 is 0 Å². The lowest BCUT2D eigenvalue weighted by atomic mass is 10.2. The van der Waals surface area contributed by atoms with Crippen molar-refractivity contribution in [2.24, 2.45) is 0 Å². The molecule has 0 aromatic heterocycles. The quantitative estimate of drug-likeness (QED) is 0.781. The molecule has 1 heterocycles. The fourth-order valence-corrected chi connectivity index (χ4v) is 3.51. The van der Waals surface area contributed by atoms with Gasteiger partial charge in [0.1, 0.15) is 0 Å². The lowest BCUT2D eigenvalue weighted by molar-refractivity contribution is 0.0489. The van der Waals surface area contributed by atoms with Gasteiger partial charge in [0.25, 0.3) is 0 Å². The molecule has 5 heteroatoms. The highest BCUT2D eigenvalue weighted by molar-refractivity contribution is 7.89. The van der Waals surface area contributed by atoms with Gasteiger partial charge in [0.2, 0.25) is 10.0 Å². The van der Waals surface area contributed by atoms with Crippen molar-refractivity contribution in [3.05, 3.63) is 42.5 Å². The van der Waals surface area contributed by atoms with Crippen LogP contribution >= 0.6 is 0 Å². The van der Waals surface area contributed by atoms with Gasteiger partial charge in [-0.1, -0.05) is 23.8 Å². The molecule has 4 nitrogen and oxygen atoms in total. The first-order chi connectivity index (χ1) is 8.55. The summed E-state index contributed by atoms with van der Waals surface area (Å²) in [4.78, 5) is 0.321. The van der Waals surface area contributed by atoms with Gasteiger partial charge in [0.15, 0.2) is 0 Å². The normalized spacial score (nSPS) is 21.7. The topological polar surface area (TPSA) is 46.6 Å². The zero-order chi connectivity index (χ0) is 13.2. The minimum atomic E-state index is -3.46. The Hall–Kier alpha value is -1.17. The highest BCUT2D eigenvalue weighted by Gasteiger charge is 2.32. The molecule has 1 aromatic rings. The highest BCUT2D eigenvalue weighted by Crippen LogP contribution is 2.21. The number of hydrogen-bond acceptors (Lipinski definition) is 3. The number of ether oxygens (including phenoxy) is 1. The van der Waals surface area contributed by atoms with Crippen molar-refractivity contribution in [2.45, 2.75) is 17.9 Å². The van der Waals surface area contributed by atoms with Crippen LogP contribution in [0.5, 0.6) is 0 Å². The van der Waals surface area contributed by atoms with Crippen molar-refractivity contribution in [1.29, 1.82) is 0 Å². The molecule has 0 bridgehead atoms. The number of morpholine rings is 1. The van der Waals surface area contributed by atoms with Crippen molar-refractivity contribution in [3.8, 4) is 0 Å². The largest absolute Gasteiger partial charge is 0.378 e. The smallest absolute Gasteiger partial charge is 0.243 e. The van der Waals surface area contributed by atoms with Gasteiger partial charge >= 0.3 is 0 Å². The Kier molecular flexibility index (Phi) is 3.85. The molecule has 1 atom stereocenters. The number of benzene rings is 1. The molecular formula is C13H17NO3S. The van der Waals surface area contributed by atoms with Gasteiger partial charge in [0, 0.05) is 6.54 Å². The van der Waals surface area contributed by atoms with Crippen molar-refractivity contribution in [3.63, 3.8) is 0 Å². The van der Waals surface area contributed by atoms with Crippen molar-refractivity contribution >= 4 is 10.0 Å². The van der Waals surface area contributed by atoms with E-state index in [1.165, 1.54) is 4.31 Å². The van der Waals surface area contributed by atoms with E-state index in [-0.39, 0.29) is 6.04 Å². The molecule has 18 heavy (non-hydrogen) atoms. The molecule has 0 amide bonds. The predicted octanol–water partition coefficient (Wildman–Crippen LogP) is 1.57. The average Bonchev–Trinajstić information content (AvgIpc) is 2.39. The summed E-state index contributed by atoms with van der Waals surface area (Å²) in [6, 6.07) is 6.60. The molecule has 1 aromatic carbocycles. The van der Waals surface area contributed by atoms with Crippen LogP contribution in [0.1, 0.15) is 5.56 Å². The molecule has 1 saturated heterocycles. The Balaban J connectivity index is 2.34. The second kappa shape index (κ2) is 5.22. The second-order valence-electron chi connectivity index (χ2n) is 4.31. The van der Waals surface area contributed by atoms with Gasteiger partial charge in [-0.3, -0.25) is 0 Å². The van der Waals surface area contributed by atoms with Crippen LogP contribution in [0.2, 0.25) is 0 Å². The monoisotopic (exact) mass is 267 g/mol. The molecule has 1 unspecified atom stereocenters. The van der Waals surface area contributed by atoms with E-state index in [9.17, 15) is 8.42 Å². The number of aryl methyl sites for hydroxylation is 1. The first-order valence-electron chi connectivity index (χ1n) is 5.84. The predicted molar refractivity (Wildman–Crippen MR) is 69.9 cm³/mol. The SMILES string of the molecule is C=CC1COCCN1S(=O)(=O)c1ccc(C)cc1. The van der Waals surface area contributed by atoms with Crippen LogP contribution in [0.4, 0.5) is 0 Å². The zero-order valence-corrected chi connectivity index (χ0v) is 11.2. The average molecular weight is 267 g/mol. The van der Waals surface area contributed by atoms with E-state index in [2.05, 4.69) is 6.58 Å². The lowest BCUT2D eigenvalue weighted by Gasteiger charge is -2.32. The summed E-state index contributed by atoms with van der Waals surface area (Å²) in [5, 5.41) is 0. The molecule has 0 saturated carbocycles. The van der Waals surface area contributed by atoms with Crippen molar-refractivity contribution in [1.82, 2.24) is 4.31 Å². The number of nitrogens with zero attached hydrogens (tertiary/aromatic N) is 1. The first-order valence-corrected chi connectivity index (χ1v) is 7.28. The lowest BCUT2D eigenvalue weighted by Crippen LogP contribution is -2.47. The van der Waals surface area contributed by atoms with Crippen LogP contribution in [0.25, 0.3) is 0 Å². The first kappa shape index (κ1) is 13.3. The van der Waals surface area contributed by atoms with Gasteiger partial charge in [-0.2, -0.15) is 4.31 Å². The molecule has 0 N–H and O–H groups in total. The van der Waals surface area contributed by atoms with Crippen LogP contribution < -0.4 is 0 Å². The van der Waals surface area contributed by atoms with Gasteiger partial charge in [-0.15, -0.1) is 6.58 Å². The van der Waals surface area contributed by atoms with E-state index in [0.29, 0.717) is 24.7 Å². The van der Waals surface area contributed by atoms with E-state index in [1.54, 1.807) is 30.3 Å². The third kappa shape index (κ3) is 2.48. The van der Waals surface area contributed by atoms with Crippen LogP contribution in [-0.2, 0) is 14.8 Å². The maximum absolute atomic E-state index is 12.5.